The van der Waals surface area contributed by atoms with E-state index in [1.165, 1.54) is 83.5 Å². The second-order valence-corrected chi connectivity index (χ2v) is 6.93. The van der Waals surface area contributed by atoms with Crippen LogP contribution in [0, 0.1) is 5.92 Å². The summed E-state index contributed by atoms with van der Waals surface area (Å²) in [5.41, 5.74) is 0. The molecule has 2 aliphatic carbocycles. The van der Waals surface area contributed by atoms with Crippen LogP contribution in [0.15, 0.2) is 0 Å². The molecule has 0 amide bonds. The first-order valence-corrected chi connectivity index (χ1v) is 9.26. The van der Waals surface area contributed by atoms with Crippen molar-refractivity contribution in [1.29, 1.82) is 0 Å². The summed E-state index contributed by atoms with van der Waals surface area (Å²) in [7, 11) is 0. The summed E-state index contributed by atoms with van der Waals surface area (Å²) in [6, 6.07) is 0.749. The van der Waals surface area contributed by atoms with Crippen LogP contribution in [-0.2, 0) is 4.74 Å². The Balaban J connectivity index is 1.53. The van der Waals surface area contributed by atoms with Crippen molar-refractivity contribution >= 4 is 0 Å². The van der Waals surface area contributed by atoms with Gasteiger partial charge in [-0.3, -0.25) is 0 Å². The van der Waals surface area contributed by atoms with Gasteiger partial charge in [0.05, 0.1) is 6.61 Å². The zero-order valence-electron chi connectivity index (χ0n) is 13.4. The summed E-state index contributed by atoms with van der Waals surface area (Å²) in [6.45, 7) is 2.97. The van der Waals surface area contributed by atoms with E-state index in [-0.39, 0.29) is 0 Å². The zero-order valence-corrected chi connectivity index (χ0v) is 13.4. The highest BCUT2D eigenvalue weighted by Crippen LogP contribution is 2.28. The highest BCUT2D eigenvalue weighted by molar-refractivity contribution is 4.72. The van der Waals surface area contributed by atoms with Gasteiger partial charge in [0.2, 0.25) is 0 Å². The second-order valence-electron chi connectivity index (χ2n) is 6.93. The molecule has 2 rings (SSSR count). The smallest absolute Gasteiger partial charge is 0.0591 e. The first-order chi connectivity index (χ1) is 9.95. The van der Waals surface area contributed by atoms with Crippen LogP contribution in [0.1, 0.15) is 83.5 Å². The maximum Gasteiger partial charge on any atom is 0.0591 e. The van der Waals surface area contributed by atoms with E-state index >= 15 is 0 Å². The van der Waals surface area contributed by atoms with Crippen LogP contribution >= 0.6 is 0 Å². The van der Waals surface area contributed by atoms with Crippen LogP contribution in [0.2, 0.25) is 0 Å². The molecular formula is C18H35NO. The molecule has 2 aliphatic rings. The quantitative estimate of drug-likeness (QED) is 0.714. The lowest BCUT2D eigenvalue weighted by molar-refractivity contribution is 0.123. The number of hydrogen-bond acceptors (Lipinski definition) is 2. The van der Waals surface area contributed by atoms with E-state index in [9.17, 15) is 0 Å². The van der Waals surface area contributed by atoms with Crippen molar-refractivity contribution in [2.75, 3.05) is 19.8 Å². The summed E-state index contributed by atoms with van der Waals surface area (Å²) in [6.07, 6.45) is 18.6. The van der Waals surface area contributed by atoms with E-state index in [1.807, 2.05) is 0 Å². The maximum atomic E-state index is 5.72. The lowest BCUT2D eigenvalue weighted by atomic mass is 9.98. The van der Waals surface area contributed by atoms with Crippen LogP contribution in [-0.4, -0.2) is 25.8 Å². The topological polar surface area (TPSA) is 21.3 Å². The van der Waals surface area contributed by atoms with Gasteiger partial charge >= 0.3 is 0 Å². The third kappa shape index (κ3) is 8.26. The number of ether oxygens (including phenoxy) is 1. The Morgan fingerprint density at radius 3 is 1.80 bits per heavy atom. The van der Waals surface area contributed by atoms with Crippen molar-refractivity contribution in [2.45, 2.75) is 89.5 Å². The molecule has 118 valence electrons. The van der Waals surface area contributed by atoms with Gasteiger partial charge in [-0.2, -0.15) is 0 Å². The average molecular weight is 281 g/mol. The predicted octanol–water partition coefficient (Wildman–Crippen LogP) is 4.68. The van der Waals surface area contributed by atoms with E-state index in [0.717, 1.165) is 31.7 Å². The third-order valence-electron chi connectivity index (χ3n) is 4.84. The van der Waals surface area contributed by atoms with E-state index in [1.54, 1.807) is 0 Å². The highest BCUT2D eigenvalue weighted by atomic mass is 16.5. The molecule has 20 heavy (non-hydrogen) atoms. The van der Waals surface area contributed by atoms with E-state index in [4.69, 9.17) is 4.74 Å². The fourth-order valence-corrected chi connectivity index (χ4v) is 3.24. The van der Waals surface area contributed by atoms with Gasteiger partial charge in [0, 0.05) is 19.2 Å². The van der Waals surface area contributed by atoms with Crippen molar-refractivity contribution in [3.05, 3.63) is 0 Å². The predicted molar refractivity (Wildman–Crippen MR) is 86.1 cm³/mol. The van der Waals surface area contributed by atoms with Crippen molar-refractivity contribution < 1.29 is 4.74 Å². The standard InChI is InChI=1S/C18H35NO/c1-2-4-6-8-10-18(11-9-7-5-3-1)19-14-15-20-16-17-12-13-17/h17-19H,1-16H2. The molecule has 0 aliphatic heterocycles. The van der Waals surface area contributed by atoms with Crippen molar-refractivity contribution in [1.82, 2.24) is 5.32 Å². The average Bonchev–Trinajstić information content (AvgIpc) is 3.25. The Morgan fingerprint density at radius 2 is 1.25 bits per heavy atom. The minimum atomic E-state index is 0.749. The summed E-state index contributed by atoms with van der Waals surface area (Å²) < 4.78 is 5.72. The van der Waals surface area contributed by atoms with Gasteiger partial charge in [0.25, 0.3) is 0 Å². The Kier molecular flexibility index (Phi) is 8.65. The zero-order chi connectivity index (χ0) is 13.9. The molecule has 0 aromatic heterocycles. The third-order valence-corrected chi connectivity index (χ3v) is 4.84. The molecule has 2 fully saturated rings. The van der Waals surface area contributed by atoms with E-state index in [0.29, 0.717) is 0 Å². The summed E-state index contributed by atoms with van der Waals surface area (Å²) in [5.74, 6) is 0.899. The van der Waals surface area contributed by atoms with Gasteiger partial charge in [-0.1, -0.05) is 57.8 Å². The number of nitrogens with one attached hydrogen (secondary N) is 1. The van der Waals surface area contributed by atoms with Gasteiger partial charge in [0.15, 0.2) is 0 Å². The first kappa shape index (κ1) is 16.3. The van der Waals surface area contributed by atoms with Crippen LogP contribution in [0.4, 0.5) is 0 Å². The second kappa shape index (κ2) is 10.6. The summed E-state index contributed by atoms with van der Waals surface area (Å²) >= 11 is 0. The Bertz CT molecular complexity index is 215. The molecular weight excluding hydrogens is 246 g/mol. The first-order valence-electron chi connectivity index (χ1n) is 9.26. The monoisotopic (exact) mass is 281 g/mol. The molecule has 2 nitrogen and oxygen atoms in total. The van der Waals surface area contributed by atoms with Crippen molar-refractivity contribution in [2.24, 2.45) is 5.92 Å². The number of rotatable bonds is 6. The molecule has 0 bridgehead atoms. The molecule has 0 spiro atoms. The molecule has 0 unspecified atom stereocenters. The molecule has 0 aromatic carbocycles. The Labute approximate surface area is 126 Å². The fraction of sp³-hybridized carbons (Fsp3) is 1.00. The molecule has 2 saturated carbocycles. The van der Waals surface area contributed by atoms with Gasteiger partial charge in [0.1, 0.15) is 0 Å². The van der Waals surface area contributed by atoms with Gasteiger partial charge in [-0.25, -0.2) is 0 Å². The summed E-state index contributed by atoms with van der Waals surface area (Å²) in [5, 5.41) is 3.74. The molecule has 0 aromatic rings. The minimum absolute atomic E-state index is 0.749. The maximum absolute atomic E-state index is 5.72. The Morgan fingerprint density at radius 1 is 0.700 bits per heavy atom. The van der Waals surface area contributed by atoms with Crippen LogP contribution < -0.4 is 5.32 Å². The van der Waals surface area contributed by atoms with E-state index < -0.39 is 0 Å². The summed E-state index contributed by atoms with van der Waals surface area (Å²) in [4.78, 5) is 0. The fourth-order valence-electron chi connectivity index (χ4n) is 3.24. The van der Waals surface area contributed by atoms with Gasteiger partial charge in [-0.15, -0.1) is 0 Å². The van der Waals surface area contributed by atoms with Crippen molar-refractivity contribution in [3.8, 4) is 0 Å². The molecule has 1 N–H and O–H groups in total. The minimum Gasteiger partial charge on any atom is -0.380 e. The van der Waals surface area contributed by atoms with E-state index in [2.05, 4.69) is 5.32 Å². The van der Waals surface area contributed by atoms with Crippen molar-refractivity contribution in [3.63, 3.8) is 0 Å². The lowest BCUT2D eigenvalue weighted by Crippen LogP contribution is -2.32. The molecule has 0 saturated heterocycles. The van der Waals surface area contributed by atoms with Gasteiger partial charge in [-0.05, 0) is 31.6 Å². The SMILES string of the molecule is C1CCCCCC(NCCOCC2CC2)CCCCC1. The van der Waals surface area contributed by atoms with Crippen LogP contribution in [0.5, 0.6) is 0 Å². The largest absolute Gasteiger partial charge is 0.380 e. The Hall–Kier alpha value is -0.0800. The lowest BCUT2D eigenvalue weighted by Gasteiger charge is -2.19. The molecule has 0 atom stereocenters. The van der Waals surface area contributed by atoms with Crippen LogP contribution in [0.3, 0.4) is 0 Å². The number of hydrogen-bond donors (Lipinski definition) is 1. The van der Waals surface area contributed by atoms with Gasteiger partial charge < -0.3 is 10.1 Å². The van der Waals surface area contributed by atoms with Crippen LogP contribution in [0.25, 0.3) is 0 Å². The highest BCUT2D eigenvalue weighted by Gasteiger charge is 2.20. The normalized spacial score (nSPS) is 24.0. The molecule has 2 heteroatoms. The molecule has 0 radical (unpaired) electrons. The molecule has 0 heterocycles.